The molecule has 0 amide bonds. The van der Waals surface area contributed by atoms with Crippen molar-refractivity contribution in [1.82, 2.24) is 10.6 Å². The molecular formula is C19H24F2N4S. The highest BCUT2D eigenvalue weighted by atomic mass is 32.1. The average molecular weight is 378 g/mol. The summed E-state index contributed by atoms with van der Waals surface area (Å²) in [5, 5.41) is 10.0. The van der Waals surface area contributed by atoms with Gasteiger partial charge < -0.3 is 15.5 Å². The SMILES string of the molecule is CCNC(=NCc1cc(F)ccc1F)NC1CCN(c2cccs2)CC1. The summed E-state index contributed by atoms with van der Waals surface area (Å²) < 4.78 is 27.1. The van der Waals surface area contributed by atoms with Gasteiger partial charge in [-0.2, -0.15) is 0 Å². The maximum absolute atomic E-state index is 13.8. The Morgan fingerprint density at radius 2 is 2.08 bits per heavy atom. The summed E-state index contributed by atoms with van der Waals surface area (Å²) in [6.07, 6.45) is 2.02. The lowest BCUT2D eigenvalue weighted by Crippen LogP contribution is -2.48. The summed E-state index contributed by atoms with van der Waals surface area (Å²) in [7, 11) is 0. The van der Waals surface area contributed by atoms with Gasteiger partial charge in [0.15, 0.2) is 5.96 Å². The second kappa shape index (κ2) is 8.98. The number of hydrogen-bond acceptors (Lipinski definition) is 3. The van der Waals surface area contributed by atoms with Gasteiger partial charge in [0.2, 0.25) is 0 Å². The fourth-order valence-electron chi connectivity index (χ4n) is 3.04. The first-order valence-electron chi connectivity index (χ1n) is 8.93. The van der Waals surface area contributed by atoms with Crippen LogP contribution >= 0.6 is 11.3 Å². The molecular weight excluding hydrogens is 354 g/mol. The molecule has 1 aromatic carbocycles. The molecule has 0 unspecified atom stereocenters. The number of nitrogens with zero attached hydrogens (tertiary/aromatic N) is 2. The molecule has 2 heterocycles. The molecule has 0 atom stereocenters. The van der Waals surface area contributed by atoms with Gasteiger partial charge in [-0.25, -0.2) is 13.8 Å². The zero-order valence-electron chi connectivity index (χ0n) is 14.8. The Labute approximate surface area is 156 Å². The lowest BCUT2D eigenvalue weighted by molar-refractivity contribution is 0.462. The van der Waals surface area contributed by atoms with E-state index in [0.717, 1.165) is 38.1 Å². The maximum Gasteiger partial charge on any atom is 0.191 e. The minimum Gasteiger partial charge on any atom is -0.363 e. The summed E-state index contributed by atoms with van der Waals surface area (Å²) in [5.41, 5.74) is 0.259. The van der Waals surface area contributed by atoms with Crippen molar-refractivity contribution >= 4 is 22.3 Å². The van der Waals surface area contributed by atoms with E-state index in [4.69, 9.17) is 0 Å². The molecule has 0 saturated carbocycles. The van der Waals surface area contributed by atoms with Crippen LogP contribution in [-0.4, -0.2) is 31.6 Å². The summed E-state index contributed by atoms with van der Waals surface area (Å²) in [6.45, 7) is 4.80. The molecule has 7 heteroatoms. The standard InChI is InChI=1S/C19H24F2N4S/c1-2-22-19(23-13-14-12-15(20)5-6-17(14)21)24-16-7-9-25(10-8-16)18-4-3-11-26-18/h3-6,11-12,16H,2,7-10,13H2,1H3,(H2,22,23,24). The first-order valence-corrected chi connectivity index (χ1v) is 9.81. The molecule has 2 aromatic rings. The normalized spacial score (nSPS) is 16.0. The summed E-state index contributed by atoms with van der Waals surface area (Å²) >= 11 is 1.76. The second-order valence-corrected chi connectivity index (χ2v) is 7.21. The Balaban J connectivity index is 1.57. The third-order valence-electron chi connectivity index (χ3n) is 4.41. The number of anilines is 1. The highest BCUT2D eigenvalue weighted by Gasteiger charge is 2.20. The number of nitrogens with one attached hydrogen (secondary N) is 2. The van der Waals surface area contributed by atoms with E-state index in [9.17, 15) is 8.78 Å². The number of guanidine groups is 1. The summed E-state index contributed by atoms with van der Waals surface area (Å²) in [5.74, 6) is -0.239. The van der Waals surface area contributed by atoms with Crippen LogP contribution in [0.5, 0.6) is 0 Å². The van der Waals surface area contributed by atoms with Crippen molar-refractivity contribution in [2.24, 2.45) is 4.99 Å². The molecule has 0 spiro atoms. The van der Waals surface area contributed by atoms with Crippen LogP contribution in [-0.2, 0) is 6.54 Å². The molecule has 1 saturated heterocycles. The molecule has 4 nitrogen and oxygen atoms in total. The highest BCUT2D eigenvalue weighted by Crippen LogP contribution is 2.24. The molecule has 2 N–H and O–H groups in total. The number of hydrogen-bond donors (Lipinski definition) is 2. The second-order valence-electron chi connectivity index (χ2n) is 6.29. The first kappa shape index (κ1) is 18.6. The van der Waals surface area contributed by atoms with Crippen molar-refractivity contribution in [3.8, 4) is 0 Å². The Kier molecular flexibility index (Phi) is 6.44. The van der Waals surface area contributed by atoms with E-state index in [-0.39, 0.29) is 12.1 Å². The van der Waals surface area contributed by atoms with Crippen LogP contribution in [0.4, 0.5) is 13.8 Å². The van der Waals surface area contributed by atoms with Crippen molar-refractivity contribution < 1.29 is 8.78 Å². The van der Waals surface area contributed by atoms with Crippen molar-refractivity contribution in [1.29, 1.82) is 0 Å². The minimum absolute atomic E-state index is 0.104. The first-order chi connectivity index (χ1) is 12.7. The number of piperidine rings is 1. The van der Waals surface area contributed by atoms with Gasteiger partial charge in [0.05, 0.1) is 11.5 Å². The topological polar surface area (TPSA) is 39.7 Å². The molecule has 1 aliphatic heterocycles. The zero-order chi connectivity index (χ0) is 18.4. The predicted octanol–water partition coefficient (Wildman–Crippen LogP) is 3.75. The van der Waals surface area contributed by atoms with Gasteiger partial charge in [0, 0.05) is 31.2 Å². The fourth-order valence-corrected chi connectivity index (χ4v) is 3.82. The smallest absolute Gasteiger partial charge is 0.191 e. The highest BCUT2D eigenvalue weighted by molar-refractivity contribution is 7.14. The fraction of sp³-hybridized carbons (Fsp3) is 0.421. The van der Waals surface area contributed by atoms with Crippen LogP contribution < -0.4 is 15.5 Å². The maximum atomic E-state index is 13.8. The van der Waals surface area contributed by atoms with E-state index in [1.807, 2.05) is 6.92 Å². The monoisotopic (exact) mass is 378 g/mol. The van der Waals surface area contributed by atoms with Gasteiger partial charge in [-0.15, -0.1) is 11.3 Å². The quantitative estimate of drug-likeness (QED) is 0.615. The summed E-state index contributed by atoms with van der Waals surface area (Å²) in [4.78, 5) is 6.82. The Morgan fingerprint density at radius 3 is 2.77 bits per heavy atom. The van der Waals surface area contributed by atoms with E-state index in [2.05, 4.69) is 38.0 Å². The van der Waals surface area contributed by atoms with Crippen LogP contribution in [0.15, 0.2) is 40.7 Å². The molecule has 1 aliphatic rings. The van der Waals surface area contributed by atoms with E-state index >= 15 is 0 Å². The number of rotatable bonds is 5. The molecule has 0 bridgehead atoms. The van der Waals surface area contributed by atoms with Gasteiger partial charge >= 0.3 is 0 Å². The predicted molar refractivity (Wildman–Crippen MR) is 104 cm³/mol. The Bertz CT molecular complexity index is 725. The largest absolute Gasteiger partial charge is 0.363 e. The van der Waals surface area contributed by atoms with E-state index in [1.54, 1.807) is 11.3 Å². The van der Waals surface area contributed by atoms with E-state index in [1.165, 1.54) is 11.1 Å². The molecule has 1 aromatic heterocycles. The van der Waals surface area contributed by atoms with Gasteiger partial charge in [0.25, 0.3) is 0 Å². The number of benzene rings is 1. The van der Waals surface area contributed by atoms with Crippen LogP contribution in [0.1, 0.15) is 25.3 Å². The number of aliphatic imine (C=N–C) groups is 1. The van der Waals surface area contributed by atoms with Crippen LogP contribution in [0.25, 0.3) is 0 Å². The minimum atomic E-state index is -0.449. The van der Waals surface area contributed by atoms with Crippen LogP contribution in [0.3, 0.4) is 0 Å². The van der Waals surface area contributed by atoms with Gasteiger partial charge in [-0.1, -0.05) is 0 Å². The average Bonchev–Trinajstić information content (AvgIpc) is 3.18. The third kappa shape index (κ3) is 4.94. The summed E-state index contributed by atoms with van der Waals surface area (Å²) in [6, 6.07) is 8.00. The lowest BCUT2D eigenvalue weighted by atomic mass is 10.1. The molecule has 140 valence electrons. The molecule has 1 fully saturated rings. The lowest BCUT2D eigenvalue weighted by Gasteiger charge is -2.33. The zero-order valence-corrected chi connectivity index (χ0v) is 15.7. The molecule has 26 heavy (non-hydrogen) atoms. The van der Waals surface area contributed by atoms with Crippen molar-refractivity contribution in [3.05, 3.63) is 52.9 Å². The number of thiophene rings is 1. The Hall–Kier alpha value is -2.15. The van der Waals surface area contributed by atoms with Gasteiger partial charge in [-0.05, 0) is 55.5 Å². The van der Waals surface area contributed by atoms with Crippen molar-refractivity contribution in [2.75, 3.05) is 24.5 Å². The van der Waals surface area contributed by atoms with Gasteiger partial charge in [0.1, 0.15) is 11.6 Å². The van der Waals surface area contributed by atoms with Gasteiger partial charge in [-0.3, -0.25) is 0 Å². The van der Waals surface area contributed by atoms with Crippen LogP contribution in [0.2, 0.25) is 0 Å². The molecule has 0 radical (unpaired) electrons. The van der Waals surface area contributed by atoms with Crippen LogP contribution in [0, 0.1) is 11.6 Å². The van der Waals surface area contributed by atoms with Crippen molar-refractivity contribution in [3.63, 3.8) is 0 Å². The Morgan fingerprint density at radius 1 is 1.27 bits per heavy atom. The molecule has 0 aliphatic carbocycles. The van der Waals surface area contributed by atoms with E-state index in [0.29, 0.717) is 18.5 Å². The third-order valence-corrected chi connectivity index (χ3v) is 5.34. The number of halogens is 2. The van der Waals surface area contributed by atoms with Crippen molar-refractivity contribution in [2.45, 2.75) is 32.4 Å². The van der Waals surface area contributed by atoms with E-state index < -0.39 is 11.6 Å². The molecule has 3 rings (SSSR count).